The standard InChI is InChI=1S/C19H18N6O/c1-12-10-13(8-9-20-12)22-19-21-11-16-17(23-19)24(2)15-7-5-4-6-14(15)18(26)25(16)3/h4-11H,1-3H3,(H,20,21,22,23). The summed E-state index contributed by atoms with van der Waals surface area (Å²) in [5.41, 5.74) is 3.87. The molecule has 0 saturated heterocycles. The van der Waals surface area contributed by atoms with Crippen molar-refractivity contribution in [2.45, 2.75) is 6.92 Å². The minimum Gasteiger partial charge on any atom is -0.327 e. The number of fused-ring (bicyclic) bond motifs is 2. The summed E-state index contributed by atoms with van der Waals surface area (Å²) < 4.78 is 0. The maximum Gasteiger partial charge on any atom is 0.260 e. The van der Waals surface area contributed by atoms with E-state index in [0.717, 1.165) is 17.1 Å². The molecule has 0 saturated carbocycles. The Morgan fingerprint density at radius 3 is 2.62 bits per heavy atom. The van der Waals surface area contributed by atoms with Crippen LogP contribution < -0.4 is 15.1 Å². The molecule has 4 rings (SSSR count). The first-order chi connectivity index (χ1) is 12.5. The molecule has 0 unspecified atom stereocenters. The largest absolute Gasteiger partial charge is 0.327 e. The summed E-state index contributed by atoms with van der Waals surface area (Å²) in [6, 6.07) is 11.3. The summed E-state index contributed by atoms with van der Waals surface area (Å²) in [4.78, 5) is 29.5. The van der Waals surface area contributed by atoms with Crippen LogP contribution in [0, 0.1) is 6.92 Å². The Kier molecular flexibility index (Phi) is 3.76. The molecule has 0 bridgehead atoms. The van der Waals surface area contributed by atoms with E-state index >= 15 is 0 Å². The smallest absolute Gasteiger partial charge is 0.260 e. The average Bonchev–Trinajstić information content (AvgIpc) is 2.73. The minimum absolute atomic E-state index is 0.0831. The second-order valence-electron chi connectivity index (χ2n) is 6.15. The van der Waals surface area contributed by atoms with Gasteiger partial charge in [0.15, 0.2) is 5.82 Å². The molecule has 1 N–H and O–H groups in total. The molecule has 1 amide bonds. The first-order valence-electron chi connectivity index (χ1n) is 8.22. The quantitative estimate of drug-likeness (QED) is 0.767. The second-order valence-corrected chi connectivity index (χ2v) is 6.15. The molecule has 26 heavy (non-hydrogen) atoms. The van der Waals surface area contributed by atoms with Crippen LogP contribution in [0.25, 0.3) is 0 Å². The highest BCUT2D eigenvalue weighted by atomic mass is 16.2. The number of anilines is 5. The van der Waals surface area contributed by atoms with Crippen molar-refractivity contribution < 1.29 is 4.79 Å². The fourth-order valence-corrected chi connectivity index (χ4v) is 3.01. The van der Waals surface area contributed by atoms with Crippen LogP contribution in [0.4, 0.5) is 28.8 Å². The fraction of sp³-hybridized carbons (Fsp3) is 0.158. The minimum atomic E-state index is -0.0831. The topological polar surface area (TPSA) is 74.2 Å². The number of para-hydroxylation sites is 1. The zero-order valence-corrected chi connectivity index (χ0v) is 14.8. The van der Waals surface area contributed by atoms with Gasteiger partial charge in [0.1, 0.15) is 5.69 Å². The number of nitrogens with zero attached hydrogens (tertiary/aromatic N) is 5. The van der Waals surface area contributed by atoms with Gasteiger partial charge < -0.3 is 15.1 Å². The van der Waals surface area contributed by atoms with Gasteiger partial charge in [-0.3, -0.25) is 9.78 Å². The van der Waals surface area contributed by atoms with Crippen molar-refractivity contribution in [3.63, 3.8) is 0 Å². The van der Waals surface area contributed by atoms with Gasteiger partial charge in [0.2, 0.25) is 5.95 Å². The lowest BCUT2D eigenvalue weighted by Crippen LogP contribution is -2.25. The molecule has 1 aliphatic heterocycles. The lowest BCUT2D eigenvalue weighted by molar-refractivity contribution is 0.0994. The van der Waals surface area contributed by atoms with Gasteiger partial charge in [0.05, 0.1) is 17.4 Å². The third-order valence-electron chi connectivity index (χ3n) is 4.38. The zero-order chi connectivity index (χ0) is 18.3. The fourth-order valence-electron chi connectivity index (χ4n) is 3.01. The van der Waals surface area contributed by atoms with Crippen molar-refractivity contribution >= 4 is 34.7 Å². The molecule has 0 fully saturated rings. The molecular weight excluding hydrogens is 328 g/mol. The number of aromatic nitrogens is 3. The van der Waals surface area contributed by atoms with E-state index in [0.29, 0.717) is 23.0 Å². The molecule has 0 aliphatic carbocycles. The Hall–Kier alpha value is -3.48. The maximum absolute atomic E-state index is 12.8. The number of pyridine rings is 1. The molecule has 3 heterocycles. The molecule has 7 heteroatoms. The summed E-state index contributed by atoms with van der Waals surface area (Å²) in [5, 5.41) is 3.19. The Morgan fingerprint density at radius 1 is 1.00 bits per heavy atom. The number of benzene rings is 1. The number of hydrogen-bond acceptors (Lipinski definition) is 6. The molecular formula is C19H18N6O. The van der Waals surface area contributed by atoms with E-state index in [1.807, 2.05) is 55.3 Å². The third-order valence-corrected chi connectivity index (χ3v) is 4.38. The van der Waals surface area contributed by atoms with E-state index in [4.69, 9.17) is 0 Å². The maximum atomic E-state index is 12.8. The number of carbonyl (C=O) groups is 1. The van der Waals surface area contributed by atoms with E-state index in [1.165, 1.54) is 0 Å². The van der Waals surface area contributed by atoms with Gasteiger partial charge in [-0.1, -0.05) is 12.1 Å². The van der Waals surface area contributed by atoms with Crippen LogP contribution in [0.3, 0.4) is 0 Å². The Balaban J connectivity index is 1.79. The van der Waals surface area contributed by atoms with E-state index in [-0.39, 0.29) is 5.91 Å². The van der Waals surface area contributed by atoms with Crippen LogP contribution in [0.1, 0.15) is 16.1 Å². The summed E-state index contributed by atoms with van der Waals surface area (Å²) in [7, 11) is 3.64. The number of carbonyl (C=O) groups excluding carboxylic acids is 1. The number of hydrogen-bond donors (Lipinski definition) is 1. The third kappa shape index (κ3) is 2.63. The molecule has 0 atom stereocenters. The van der Waals surface area contributed by atoms with Crippen molar-refractivity contribution in [1.29, 1.82) is 0 Å². The zero-order valence-electron chi connectivity index (χ0n) is 14.8. The SMILES string of the molecule is Cc1cc(Nc2ncc3c(n2)N(C)c2ccccc2C(=O)N3C)ccn1. The van der Waals surface area contributed by atoms with Gasteiger partial charge in [0.25, 0.3) is 5.91 Å². The van der Waals surface area contributed by atoms with Crippen LogP contribution in [0.2, 0.25) is 0 Å². The van der Waals surface area contributed by atoms with Gasteiger partial charge in [-0.2, -0.15) is 4.98 Å². The Labute approximate surface area is 151 Å². The van der Waals surface area contributed by atoms with Crippen LogP contribution in [-0.4, -0.2) is 35.0 Å². The number of nitrogens with one attached hydrogen (secondary N) is 1. The van der Waals surface area contributed by atoms with Crippen LogP contribution in [0.15, 0.2) is 48.8 Å². The molecule has 1 aliphatic rings. The van der Waals surface area contributed by atoms with Gasteiger partial charge in [-0.15, -0.1) is 0 Å². The molecule has 0 spiro atoms. The number of aryl methyl sites for hydroxylation is 1. The Morgan fingerprint density at radius 2 is 1.81 bits per heavy atom. The summed E-state index contributed by atoms with van der Waals surface area (Å²) in [6.07, 6.45) is 3.40. The van der Waals surface area contributed by atoms with Crippen LogP contribution in [0.5, 0.6) is 0 Å². The molecule has 3 aromatic rings. The summed E-state index contributed by atoms with van der Waals surface area (Å²) in [6.45, 7) is 1.92. The normalized spacial score (nSPS) is 13.1. The van der Waals surface area contributed by atoms with Crippen molar-refractivity contribution in [2.75, 3.05) is 29.2 Å². The van der Waals surface area contributed by atoms with Crippen LogP contribution >= 0.6 is 0 Å². The molecule has 130 valence electrons. The lowest BCUT2D eigenvalue weighted by Gasteiger charge is -2.21. The highest BCUT2D eigenvalue weighted by molar-refractivity contribution is 6.13. The lowest BCUT2D eigenvalue weighted by atomic mass is 10.1. The van der Waals surface area contributed by atoms with Gasteiger partial charge >= 0.3 is 0 Å². The first-order valence-corrected chi connectivity index (χ1v) is 8.22. The van der Waals surface area contributed by atoms with Crippen molar-refractivity contribution in [3.8, 4) is 0 Å². The molecule has 2 aromatic heterocycles. The Bertz CT molecular complexity index is 1000. The average molecular weight is 346 g/mol. The van der Waals surface area contributed by atoms with E-state index in [9.17, 15) is 4.79 Å². The number of rotatable bonds is 2. The monoisotopic (exact) mass is 346 g/mol. The predicted molar refractivity (Wildman–Crippen MR) is 102 cm³/mol. The van der Waals surface area contributed by atoms with Gasteiger partial charge in [-0.05, 0) is 31.2 Å². The first kappa shape index (κ1) is 16.0. The van der Waals surface area contributed by atoms with Crippen molar-refractivity contribution in [3.05, 3.63) is 60.0 Å². The summed E-state index contributed by atoms with van der Waals surface area (Å²) >= 11 is 0. The van der Waals surface area contributed by atoms with Crippen molar-refractivity contribution in [1.82, 2.24) is 15.0 Å². The van der Waals surface area contributed by atoms with E-state index in [1.54, 1.807) is 24.3 Å². The second kappa shape index (κ2) is 6.11. The van der Waals surface area contributed by atoms with Crippen molar-refractivity contribution in [2.24, 2.45) is 0 Å². The molecule has 7 nitrogen and oxygen atoms in total. The number of amides is 1. The highest BCUT2D eigenvalue weighted by Crippen LogP contribution is 2.37. The predicted octanol–water partition coefficient (Wildman–Crippen LogP) is 3.28. The molecule has 0 radical (unpaired) electrons. The van der Waals surface area contributed by atoms with Crippen LogP contribution in [-0.2, 0) is 0 Å². The summed E-state index contributed by atoms with van der Waals surface area (Å²) in [5.74, 6) is 1.04. The van der Waals surface area contributed by atoms with E-state index in [2.05, 4.69) is 20.3 Å². The highest BCUT2D eigenvalue weighted by Gasteiger charge is 2.28. The van der Waals surface area contributed by atoms with Gasteiger partial charge in [0, 0.05) is 31.7 Å². The van der Waals surface area contributed by atoms with E-state index < -0.39 is 0 Å². The van der Waals surface area contributed by atoms with Gasteiger partial charge in [-0.25, -0.2) is 4.98 Å². The molecule has 1 aromatic carbocycles.